The summed E-state index contributed by atoms with van der Waals surface area (Å²) >= 11 is 0. The fourth-order valence-electron chi connectivity index (χ4n) is 9.80. The van der Waals surface area contributed by atoms with Gasteiger partial charge in [0.05, 0.1) is 16.6 Å². The van der Waals surface area contributed by atoms with E-state index in [-0.39, 0.29) is 0 Å². The Morgan fingerprint density at radius 1 is 0.459 bits per heavy atom. The van der Waals surface area contributed by atoms with Crippen molar-refractivity contribution in [1.29, 1.82) is 0 Å². The molecule has 0 atom stereocenters. The molecule has 302 valence electrons. The minimum absolute atomic E-state index is 0.342. The highest BCUT2D eigenvalue weighted by atomic mass is 16.5. The Morgan fingerprint density at radius 2 is 1.03 bits per heavy atom. The number of hydrogen-bond acceptors (Lipinski definition) is 3. The van der Waals surface area contributed by atoms with E-state index in [9.17, 15) is 0 Å². The maximum atomic E-state index is 6.84. The van der Waals surface area contributed by atoms with Gasteiger partial charge in [0.15, 0.2) is 0 Å². The van der Waals surface area contributed by atoms with Gasteiger partial charge in [-0.25, -0.2) is 9.97 Å². The van der Waals surface area contributed by atoms with Crippen molar-refractivity contribution in [1.82, 2.24) is 18.9 Å². The van der Waals surface area contributed by atoms with Gasteiger partial charge in [-0.1, -0.05) is 128 Å². The molecule has 61 heavy (non-hydrogen) atoms. The summed E-state index contributed by atoms with van der Waals surface area (Å²) in [6, 6.07) is 46.1. The third-order valence-corrected chi connectivity index (χ3v) is 12.6. The second-order valence-corrected chi connectivity index (χ2v) is 17.8. The van der Waals surface area contributed by atoms with E-state index in [1.165, 1.54) is 60.8 Å². The van der Waals surface area contributed by atoms with Gasteiger partial charge in [-0.3, -0.25) is 8.97 Å². The molecule has 0 saturated carbocycles. The molecule has 0 saturated heterocycles. The summed E-state index contributed by atoms with van der Waals surface area (Å²) < 4.78 is 11.4. The summed E-state index contributed by atoms with van der Waals surface area (Å²) in [5.74, 6) is 3.77. The SMILES string of the molecule is CC(C)c1cccc(C(C)C)c1-c1ccc(-c2c(C(C)C)cccc2C(C)C)c2c1c1ccc(Oc3ccc4c5ccccc5n(-c5ccccn5)c4c3)cc1c1nccn12. The molecule has 10 aromatic rings. The number of imidazole rings is 1. The van der Waals surface area contributed by atoms with E-state index in [2.05, 4.69) is 186 Å². The highest BCUT2D eigenvalue weighted by molar-refractivity contribution is 6.21. The minimum atomic E-state index is 0.342. The van der Waals surface area contributed by atoms with Gasteiger partial charge in [-0.05, 0) is 117 Å². The first-order valence-corrected chi connectivity index (χ1v) is 21.8. The maximum Gasteiger partial charge on any atom is 0.145 e. The molecular weight excluding hydrogens is 745 g/mol. The molecular formula is C56H52N4O. The molecule has 5 nitrogen and oxygen atoms in total. The number of aromatic nitrogens is 4. The summed E-state index contributed by atoms with van der Waals surface area (Å²) in [5, 5.41) is 5.77. The average Bonchev–Trinajstić information content (AvgIpc) is 3.89. The summed E-state index contributed by atoms with van der Waals surface area (Å²) in [4.78, 5) is 9.84. The van der Waals surface area contributed by atoms with Crippen LogP contribution >= 0.6 is 0 Å². The van der Waals surface area contributed by atoms with Gasteiger partial charge in [0, 0.05) is 51.8 Å². The Kier molecular flexibility index (Phi) is 9.51. The van der Waals surface area contributed by atoms with E-state index in [1.807, 2.05) is 24.5 Å². The van der Waals surface area contributed by atoms with Crippen LogP contribution in [0.15, 0.2) is 146 Å². The molecule has 0 aliphatic rings. The Bertz CT molecular complexity index is 3240. The lowest BCUT2D eigenvalue weighted by Crippen LogP contribution is -2.04. The largest absolute Gasteiger partial charge is 0.457 e. The molecule has 0 N–H and O–H groups in total. The van der Waals surface area contributed by atoms with Crippen LogP contribution in [0.25, 0.3) is 77.2 Å². The third kappa shape index (κ3) is 6.29. The van der Waals surface area contributed by atoms with Crippen molar-refractivity contribution >= 4 is 49.1 Å². The van der Waals surface area contributed by atoms with Gasteiger partial charge in [0.1, 0.15) is 23.0 Å². The molecule has 0 amide bonds. The molecule has 0 aliphatic heterocycles. The first-order valence-electron chi connectivity index (χ1n) is 21.8. The average molecular weight is 797 g/mol. The van der Waals surface area contributed by atoms with Crippen LogP contribution in [0.3, 0.4) is 0 Å². The number of fused-ring (bicyclic) bond motifs is 9. The molecule has 0 spiro atoms. The summed E-state index contributed by atoms with van der Waals surface area (Å²) in [7, 11) is 0. The van der Waals surface area contributed by atoms with Crippen LogP contribution in [0.2, 0.25) is 0 Å². The van der Waals surface area contributed by atoms with Crippen LogP contribution in [0.4, 0.5) is 0 Å². The van der Waals surface area contributed by atoms with Gasteiger partial charge < -0.3 is 4.74 Å². The summed E-state index contributed by atoms with van der Waals surface area (Å²) in [6.07, 6.45) is 5.94. The Hall–Kier alpha value is -6.72. The van der Waals surface area contributed by atoms with Crippen molar-refractivity contribution in [2.75, 3.05) is 0 Å². The topological polar surface area (TPSA) is 44.3 Å². The van der Waals surface area contributed by atoms with Crippen molar-refractivity contribution in [3.05, 3.63) is 168 Å². The van der Waals surface area contributed by atoms with E-state index < -0.39 is 0 Å². The highest BCUT2D eigenvalue weighted by Gasteiger charge is 2.26. The number of para-hydroxylation sites is 1. The summed E-state index contributed by atoms with van der Waals surface area (Å²) in [6.45, 7) is 18.5. The van der Waals surface area contributed by atoms with Crippen molar-refractivity contribution in [3.8, 4) is 39.6 Å². The normalized spacial score (nSPS) is 12.2. The molecule has 10 rings (SSSR count). The maximum absolute atomic E-state index is 6.84. The minimum Gasteiger partial charge on any atom is -0.457 e. The lowest BCUT2D eigenvalue weighted by molar-refractivity contribution is 0.484. The lowest BCUT2D eigenvalue weighted by atomic mass is 9.80. The first-order chi connectivity index (χ1) is 29.6. The van der Waals surface area contributed by atoms with Gasteiger partial charge in [0.25, 0.3) is 0 Å². The van der Waals surface area contributed by atoms with E-state index in [4.69, 9.17) is 14.7 Å². The van der Waals surface area contributed by atoms with E-state index in [1.54, 1.807) is 0 Å². The van der Waals surface area contributed by atoms with Crippen LogP contribution < -0.4 is 4.74 Å². The van der Waals surface area contributed by atoms with Crippen molar-refractivity contribution in [3.63, 3.8) is 0 Å². The second kappa shape index (κ2) is 15.1. The van der Waals surface area contributed by atoms with Crippen LogP contribution in [0.1, 0.15) is 101 Å². The Balaban J connectivity index is 1.25. The van der Waals surface area contributed by atoms with Crippen molar-refractivity contribution in [2.24, 2.45) is 0 Å². The first kappa shape index (κ1) is 38.5. The van der Waals surface area contributed by atoms with Gasteiger partial charge >= 0.3 is 0 Å². The van der Waals surface area contributed by atoms with Gasteiger partial charge in [-0.2, -0.15) is 0 Å². The molecule has 5 heteroatoms. The zero-order valence-electron chi connectivity index (χ0n) is 36.4. The highest BCUT2D eigenvalue weighted by Crippen LogP contribution is 2.48. The quantitative estimate of drug-likeness (QED) is 0.137. The van der Waals surface area contributed by atoms with Crippen LogP contribution in [0.5, 0.6) is 11.5 Å². The predicted octanol–water partition coefficient (Wildman–Crippen LogP) is 15.8. The zero-order valence-corrected chi connectivity index (χ0v) is 36.4. The van der Waals surface area contributed by atoms with Crippen LogP contribution in [0, 0.1) is 0 Å². The van der Waals surface area contributed by atoms with Crippen molar-refractivity contribution < 1.29 is 4.74 Å². The Morgan fingerprint density at radius 3 is 1.67 bits per heavy atom. The number of ether oxygens (including phenoxy) is 1. The molecule has 4 aromatic heterocycles. The lowest BCUT2D eigenvalue weighted by Gasteiger charge is -2.25. The number of nitrogens with zero attached hydrogens (tertiary/aromatic N) is 4. The molecule has 0 unspecified atom stereocenters. The third-order valence-electron chi connectivity index (χ3n) is 12.6. The van der Waals surface area contributed by atoms with Crippen LogP contribution in [-0.4, -0.2) is 18.9 Å². The fourth-order valence-corrected chi connectivity index (χ4v) is 9.80. The van der Waals surface area contributed by atoms with E-state index in [0.717, 1.165) is 50.2 Å². The van der Waals surface area contributed by atoms with Gasteiger partial charge in [-0.15, -0.1) is 0 Å². The predicted molar refractivity (Wildman–Crippen MR) is 256 cm³/mol. The molecule has 4 heterocycles. The molecule has 6 aromatic carbocycles. The van der Waals surface area contributed by atoms with Crippen molar-refractivity contribution in [2.45, 2.75) is 79.1 Å². The Labute approximate surface area is 358 Å². The van der Waals surface area contributed by atoms with E-state index in [0.29, 0.717) is 23.7 Å². The summed E-state index contributed by atoms with van der Waals surface area (Å²) in [5.41, 5.74) is 14.9. The smallest absolute Gasteiger partial charge is 0.145 e. The number of benzene rings is 6. The van der Waals surface area contributed by atoms with Gasteiger partial charge in [0.2, 0.25) is 0 Å². The fraction of sp³-hybridized carbons (Fsp3) is 0.214. The monoisotopic (exact) mass is 796 g/mol. The second-order valence-electron chi connectivity index (χ2n) is 17.8. The molecule has 0 fully saturated rings. The standard InChI is InChI=1S/C56H52N4O/c1-33(2)39-16-13-17-40(34(3)4)52(39)46-26-27-47(53-41(35(5)6)18-14-19-42(53)36(7)8)55-54(46)45-25-23-37(31-48(45)56-58-29-30-59(55)56)61-38-22-24-44-43-15-9-10-20-49(43)60(50(44)32-38)51-21-11-12-28-57-51/h9-36H,1-8H3. The number of hydrogen-bond donors (Lipinski definition) is 0. The molecule has 0 aliphatic carbocycles. The number of pyridine rings is 2. The molecule has 0 radical (unpaired) electrons. The van der Waals surface area contributed by atoms with E-state index >= 15 is 0 Å². The zero-order chi connectivity index (χ0) is 42.1. The molecule has 0 bridgehead atoms. The number of rotatable bonds is 9. The van der Waals surface area contributed by atoms with Crippen LogP contribution in [-0.2, 0) is 0 Å².